The van der Waals surface area contributed by atoms with Crippen LogP contribution in [-0.2, 0) is 9.47 Å². The lowest BCUT2D eigenvalue weighted by atomic mass is 10.1. The average molecular weight is 217 g/mol. The van der Waals surface area contributed by atoms with Gasteiger partial charge in [-0.3, -0.25) is 5.21 Å². The van der Waals surface area contributed by atoms with Crippen LogP contribution >= 0.6 is 0 Å². The quantitative estimate of drug-likeness (QED) is 0.537. The number of nitrogens with zero attached hydrogens (tertiary/aromatic N) is 1. The van der Waals surface area contributed by atoms with Gasteiger partial charge in [-0.25, -0.2) is 4.79 Å². The third kappa shape index (κ3) is 4.05. The Kier molecular flexibility index (Phi) is 3.93. The van der Waals surface area contributed by atoms with Crippen LogP contribution in [0.5, 0.6) is 0 Å². The fraction of sp³-hybridized carbons (Fsp3) is 0.900. The van der Waals surface area contributed by atoms with Gasteiger partial charge in [-0.1, -0.05) is 0 Å². The van der Waals surface area contributed by atoms with Crippen molar-refractivity contribution in [1.82, 2.24) is 5.06 Å². The Hall–Kier alpha value is -0.810. The van der Waals surface area contributed by atoms with Gasteiger partial charge in [0.25, 0.3) is 0 Å². The van der Waals surface area contributed by atoms with Crippen molar-refractivity contribution in [1.29, 1.82) is 0 Å². The number of hydroxylamine groups is 2. The van der Waals surface area contributed by atoms with Crippen molar-refractivity contribution in [2.24, 2.45) is 0 Å². The first-order valence-corrected chi connectivity index (χ1v) is 5.19. The van der Waals surface area contributed by atoms with Crippen molar-refractivity contribution >= 4 is 6.09 Å². The molecule has 1 heterocycles. The van der Waals surface area contributed by atoms with Gasteiger partial charge in [0.2, 0.25) is 0 Å². The van der Waals surface area contributed by atoms with Crippen molar-refractivity contribution in [2.75, 3.05) is 13.2 Å². The van der Waals surface area contributed by atoms with Crippen molar-refractivity contribution in [2.45, 2.75) is 45.3 Å². The van der Waals surface area contributed by atoms with E-state index >= 15 is 0 Å². The zero-order valence-corrected chi connectivity index (χ0v) is 9.52. The van der Waals surface area contributed by atoms with E-state index in [0.717, 1.165) is 0 Å². The summed E-state index contributed by atoms with van der Waals surface area (Å²) in [6.07, 6.45) is 0.611. The highest BCUT2D eigenvalue weighted by molar-refractivity contribution is 5.67. The molecule has 1 fully saturated rings. The minimum absolute atomic E-state index is 0.186. The Morgan fingerprint density at radius 2 is 1.93 bits per heavy atom. The highest BCUT2D eigenvalue weighted by Crippen LogP contribution is 2.16. The molecule has 0 atom stereocenters. The van der Waals surface area contributed by atoms with E-state index < -0.39 is 11.7 Å². The van der Waals surface area contributed by atoms with Gasteiger partial charge in [-0.05, 0) is 33.6 Å². The topological polar surface area (TPSA) is 59.0 Å². The molecule has 0 aromatic carbocycles. The summed E-state index contributed by atoms with van der Waals surface area (Å²) in [5.74, 6) is 0. The first-order valence-electron chi connectivity index (χ1n) is 5.19. The van der Waals surface area contributed by atoms with Gasteiger partial charge in [-0.2, -0.15) is 5.06 Å². The zero-order valence-electron chi connectivity index (χ0n) is 9.52. The third-order valence-corrected chi connectivity index (χ3v) is 2.12. The molecule has 0 radical (unpaired) electrons. The molecule has 88 valence electrons. The maximum Gasteiger partial charge on any atom is 0.434 e. The van der Waals surface area contributed by atoms with Gasteiger partial charge < -0.3 is 9.47 Å². The lowest BCUT2D eigenvalue weighted by Crippen LogP contribution is -2.43. The summed E-state index contributed by atoms with van der Waals surface area (Å²) in [4.78, 5) is 11.5. The lowest BCUT2D eigenvalue weighted by Gasteiger charge is -2.30. The van der Waals surface area contributed by atoms with E-state index in [0.29, 0.717) is 31.1 Å². The van der Waals surface area contributed by atoms with Crippen molar-refractivity contribution in [3.8, 4) is 0 Å². The fourth-order valence-corrected chi connectivity index (χ4v) is 1.39. The molecular formula is C10H19NO4. The van der Waals surface area contributed by atoms with Crippen molar-refractivity contribution < 1.29 is 19.5 Å². The van der Waals surface area contributed by atoms with Crippen molar-refractivity contribution in [3.05, 3.63) is 0 Å². The molecule has 0 unspecified atom stereocenters. The highest BCUT2D eigenvalue weighted by Gasteiger charge is 2.28. The van der Waals surface area contributed by atoms with Crippen LogP contribution in [-0.4, -0.2) is 41.2 Å². The molecule has 1 saturated heterocycles. The Morgan fingerprint density at radius 3 is 2.40 bits per heavy atom. The van der Waals surface area contributed by atoms with E-state index in [9.17, 15) is 10.0 Å². The van der Waals surface area contributed by atoms with E-state index in [1.165, 1.54) is 0 Å². The Balaban J connectivity index is 2.44. The number of hydrogen-bond donors (Lipinski definition) is 1. The van der Waals surface area contributed by atoms with Gasteiger partial charge in [0.05, 0.1) is 6.04 Å². The summed E-state index contributed by atoms with van der Waals surface area (Å²) >= 11 is 0. The van der Waals surface area contributed by atoms with Crippen LogP contribution in [0.1, 0.15) is 33.6 Å². The molecule has 15 heavy (non-hydrogen) atoms. The molecule has 1 amide bonds. The molecule has 0 aromatic heterocycles. The Morgan fingerprint density at radius 1 is 1.40 bits per heavy atom. The predicted octanol–water partition coefficient (Wildman–Crippen LogP) is 1.79. The van der Waals surface area contributed by atoms with E-state index in [4.69, 9.17) is 9.47 Å². The van der Waals surface area contributed by atoms with Gasteiger partial charge in [0, 0.05) is 13.2 Å². The van der Waals surface area contributed by atoms with Crippen LogP contribution in [0.25, 0.3) is 0 Å². The van der Waals surface area contributed by atoms with Crippen LogP contribution < -0.4 is 0 Å². The second-order valence-electron chi connectivity index (χ2n) is 4.67. The molecule has 0 bridgehead atoms. The zero-order chi connectivity index (χ0) is 11.5. The number of rotatable bonds is 1. The smallest absolute Gasteiger partial charge is 0.434 e. The molecule has 1 aliphatic heterocycles. The normalized spacial score (nSPS) is 18.7. The second kappa shape index (κ2) is 4.81. The number of carbonyl (C=O) groups is 1. The minimum atomic E-state index is -0.686. The summed E-state index contributed by atoms with van der Waals surface area (Å²) < 4.78 is 10.2. The van der Waals surface area contributed by atoms with Gasteiger partial charge in [-0.15, -0.1) is 0 Å². The lowest BCUT2D eigenvalue weighted by molar-refractivity contribution is -0.137. The van der Waals surface area contributed by atoms with E-state index in [2.05, 4.69) is 0 Å². The molecule has 0 spiro atoms. The van der Waals surface area contributed by atoms with Crippen LogP contribution in [0.4, 0.5) is 4.79 Å². The summed E-state index contributed by atoms with van der Waals surface area (Å²) in [5, 5.41) is 10.3. The maximum absolute atomic E-state index is 11.5. The number of ether oxygens (including phenoxy) is 2. The summed E-state index contributed by atoms with van der Waals surface area (Å²) in [6, 6.07) is -0.186. The van der Waals surface area contributed by atoms with E-state index in [1.54, 1.807) is 20.8 Å². The van der Waals surface area contributed by atoms with Crippen LogP contribution in [0.2, 0.25) is 0 Å². The molecule has 0 aliphatic carbocycles. The first-order chi connectivity index (χ1) is 6.90. The van der Waals surface area contributed by atoms with E-state index in [-0.39, 0.29) is 6.04 Å². The molecule has 0 saturated carbocycles. The minimum Gasteiger partial charge on any atom is -0.442 e. The number of amides is 1. The SMILES string of the molecule is CC(C)(C)OC(=O)N(O)C1CCOCC1. The first kappa shape index (κ1) is 12.3. The predicted molar refractivity (Wildman–Crippen MR) is 53.7 cm³/mol. The van der Waals surface area contributed by atoms with Crippen molar-refractivity contribution in [3.63, 3.8) is 0 Å². The molecule has 5 heteroatoms. The maximum atomic E-state index is 11.5. The molecular weight excluding hydrogens is 198 g/mol. The largest absolute Gasteiger partial charge is 0.442 e. The Bertz CT molecular complexity index is 218. The van der Waals surface area contributed by atoms with Crippen LogP contribution in [0.15, 0.2) is 0 Å². The highest BCUT2D eigenvalue weighted by atomic mass is 16.6. The fourth-order valence-electron chi connectivity index (χ4n) is 1.39. The Labute approximate surface area is 89.9 Å². The standard InChI is InChI=1S/C10H19NO4/c1-10(2,3)15-9(12)11(13)8-4-6-14-7-5-8/h8,13H,4-7H2,1-3H3. The monoisotopic (exact) mass is 217 g/mol. The number of hydrogen-bond acceptors (Lipinski definition) is 4. The van der Waals surface area contributed by atoms with Crippen LogP contribution in [0.3, 0.4) is 0 Å². The van der Waals surface area contributed by atoms with Gasteiger partial charge >= 0.3 is 6.09 Å². The summed E-state index contributed by atoms with van der Waals surface area (Å²) in [5.41, 5.74) is -0.580. The molecule has 5 nitrogen and oxygen atoms in total. The molecule has 1 N–H and O–H groups in total. The van der Waals surface area contributed by atoms with Gasteiger partial charge in [0.1, 0.15) is 5.60 Å². The van der Waals surface area contributed by atoms with Crippen LogP contribution in [0, 0.1) is 0 Å². The van der Waals surface area contributed by atoms with Gasteiger partial charge in [0.15, 0.2) is 0 Å². The average Bonchev–Trinajstić information content (AvgIpc) is 2.15. The summed E-state index contributed by atoms with van der Waals surface area (Å²) in [7, 11) is 0. The van der Waals surface area contributed by atoms with E-state index in [1.807, 2.05) is 0 Å². The third-order valence-electron chi connectivity index (χ3n) is 2.12. The molecule has 0 aromatic rings. The second-order valence-corrected chi connectivity index (χ2v) is 4.67. The summed E-state index contributed by atoms with van der Waals surface area (Å²) in [6.45, 7) is 6.45. The number of carbonyl (C=O) groups excluding carboxylic acids is 1. The molecule has 1 rings (SSSR count). The molecule has 1 aliphatic rings.